The number of nitrogens with one attached hydrogen (secondary N) is 1. The number of hydrogen-bond acceptors (Lipinski definition) is 4. The van der Waals surface area contributed by atoms with Crippen LogP contribution in [0.2, 0.25) is 0 Å². The van der Waals surface area contributed by atoms with Gasteiger partial charge in [0.1, 0.15) is 5.75 Å². The van der Waals surface area contributed by atoms with Crippen LogP contribution >= 0.6 is 24.0 Å². The summed E-state index contributed by atoms with van der Waals surface area (Å²) in [5.41, 5.74) is 1.58. The molecule has 1 heterocycles. The zero-order valence-corrected chi connectivity index (χ0v) is 21.7. The van der Waals surface area contributed by atoms with Crippen molar-refractivity contribution in [1.29, 1.82) is 0 Å². The highest BCUT2D eigenvalue weighted by Crippen LogP contribution is 2.39. The SMILES string of the molecule is CN=C(NCC1(c2ccc(OC)cc2)CCCCC1)N1CCC(COCCOC)C1.I. The molecule has 0 aromatic heterocycles. The molecule has 1 aliphatic heterocycles. The monoisotopic (exact) mass is 545 g/mol. The predicted octanol–water partition coefficient (Wildman–Crippen LogP) is 4.08. The van der Waals surface area contributed by atoms with Gasteiger partial charge in [-0.1, -0.05) is 31.4 Å². The molecule has 3 rings (SSSR count). The largest absolute Gasteiger partial charge is 0.497 e. The molecule has 31 heavy (non-hydrogen) atoms. The van der Waals surface area contributed by atoms with Crippen molar-refractivity contribution in [3.05, 3.63) is 29.8 Å². The molecule has 1 atom stereocenters. The van der Waals surface area contributed by atoms with Crippen LogP contribution in [-0.4, -0.2) is 71.6 Å². The van der Waals surface area contributed by atoms with Crippen LogP contribution < -0.4 is 10.1 Å². The minimum atomic E-state index is 0. The molecule has 176 valence electrons. The van der Waals surface area contributed by atoms with E-state index in [0.717, 1.165) is 44.4 Å². The zero-order valence-electron chi connectivity index (χ0n) is 19.4. The smallest absolute Gasteiger partial charge is 0.193 e. The lowest BCUT2D eigenvalue weighted by atomic mass is 9.69. The van der Waals surface area contributed by atoms with Gasteiger partial charge in [0.2, 0.25) is 0 Å². The van der Waals surface area contributed by atoms with Gasteiger partial charge in [-0.2, -0.15) is 0 Å². The lowest BCUT2D eigenvalue weighted by molar-refractivity contribution is 0.0536. The molecule has 1 aromatic rings. The number of halogens is 1. The van der Waals surface area contributed by atoms with E-state index in [1.54, 1.807) is 14.2 Å². The van der Waals surface area contributed by atoms with Crippen molar-refractivity contribution < 1.29 is 14.2 Å². The maximum Gasteiger partial charge on any atom is 0.193 e. The van der Waals surface area contributed by atoms with Gasteiger partial charge in [0, 0.05) is 45.1 Å². The van der Waals surface area contributed by atoms with Gasteiger partial charge in [-0.3, -0.25) is 4.99 Å². The van der Waals surface area contributed by atoms with Crippen molar-refractivity contribution in [3.63, 3.8) is 0 Å². The molecule has 2 aliphatic rings. The summed E-state index contributed by atoms with van der Waals surface area (Å²) < 4.78 is 16.2. The van der Waals surface area contributed by atoms with Crippen LogP contribution in [0.4, 0.5) is 0 Å². The topological polar surface area (TPSA) is 55.3 Å². The van der Waals surface area contributed by atoms with Crippen molar-refractivity contribution in [2.24, 2.45) is 10.9 Å². The van der Waals surface area contributed by atoms with Crippen LogP contribution in [0.1, 0.15) is 44.1 Å². The van der Waals surface area contributed by atoms with E-state index < -0.39 is 0 Å². The average molecular weight is 546 g/mol. The number of hydrogen-bond donors (Lipinski definition) is 1. The molecule has 1 saturated carbocycles. The van der Waals surface area contributed by atoms with E-state index in [9.17, 15) is 0 Å². The quantitative estimate of drug-likeness (QED) is 0.220. The second-order valence-corrected chi connectivity index (χ2v) is 8.64. The summed E-state index contributed by atoms with van der Waals surface area (Å²) in [7, 11) is 5.33. The summed E-state index contributed by atoms with van der Waals surface area (Å²) in [5, 5.41) is 3.73. The molecule has 1 saturated heterocycles. The van der Waals surface area contributed by atoms with Gasteiger partial charge in [0.15, 0.2) is 5.96 Å². The summed E-state index contributed by atoms with van der Waals surface area (Å²) in [4.78, 5) is 6.99. The maximum atomic E-state index is 5.75. The van der Waals surface area contributed by atoms with Gasteiger partial charge in [0.05, 0.1) is 26.9 Å². The second-order valence-electron chi connectivity index (χ2n) is 8.64. The molecule has 7 heteroatoms. The third-order valence-corrected chi connectivity index (χ3v) is 6.68. The Morgan fingerprint density at radius 2 is 1.87 bits per heavy atom. The van der Waals surface area contributed by atoms with Crippen LogP contribution in [0.3, 0.4) is 0 Å². The van der Waals surface area contributed by atoms with Gasteiger partial charge >= 0.3 is 0 Å². The summed E-state index contributed by atoms with van der Waals surface area (Å²) in [5.74, 6) is 2.50. The Labute approximate surface area is 205 Å². The second kappa shape index (κ2) is 13.5. The fourth-order valence-corrected chi connectivity index (χ4v) is 4.87. The van der Waals surface area contributed by atoms with Crippen molar-refractivity contribution in [2.75, 3.05) is 60.7 Å². The van der Waals surface area contributed by atoms with Crippen molar-refractivity contribution in [3.8, 4) is 5.75 Å². The summed E-state index contributed by atoms with van der Waals surface area (Å²) in [6.07, 6.45) is 7.51. The lowest BCUT2D eigenvalue weighted by Gasteiger charge is -2.39. The molecule has 2 fully saturated rings. The number of nitrogens with zero attached hydrogens (tertiary/aromatic N) is 2. The Morgan fingerprint density at radius 1 is 1.13 bits per heavy atom. The molecule has 0 spiro atoms. The number of ether oxygens (including phenoxy) is 3. The summed E-state index contributed by atoms with van der Waals surface area (Å²) in [6, 6.07) is 8.68. The Kier molecular flexibility index (Phi) is 11.4. The highest BCUT2D eigenvalue weighted by Gasteiger charge is 2.35. The molecular formula is C24H40IN3O3. The summed E-state index contributed by atoms with van der Waals surface area (Å²) >= 11 is 0. The van der Waals surface area contributed by atoms with Gasteiger partial charge in [0.25, 0.3) is 0 Å². The highest BCUT2D eigenvalue weighted by molar-refractivity contribution is 14.0. The molecular weight excluding hydrogens is 505 g/mol. The number of rotatable bonds is 9. The van der Waals surface area contributed by atoms with E-state index in [1.165, 1.54) is 37.7 Å². The molecule has 6 nitrogen and oxygen atoms in total. The van der Waals surface area contributed by atoms with Crippen LogP contribution in [0.15, 0.2) is 29.3 Å². The van der Waals surface area contributed by atoms with Gasteiger partial charge in [-0.25, -0.2) is 0 Å². The third-order valence-electron chi connectivity index (χ3n) is 6.68. The molecule has 0 radical (unpaired) electrons. The van der Waals surface area contributed by atoms with Crippen molar-refractivity contribution in [1.82, 2.24) is 10.2 Å². The molecule has 1 N–H and O–H groups in total. The molecule has 1 aromatic carbocycles. The first-order valence-corrected chi connectivity index (χ1v) is 11.4. The first kappa shape index (κ1) is 26.2. The Bertz CT molecular complexity index is 663. The van der Waals surface area contributed by atoms with Gasteiger partial charge in [-0.05, 0) is 37.0 Å². The van der Waals surface area contributed by atoms with Crippen LogP contribution in [0.5, 0.6) is 5.75 Å². The van der Waals surface area contributed by atoms with E-state index in [1.807, 2.05) is 7.05 Å². The number of methoxy groups -OCH3 is 2. The van der Waals surface area contributed by atoms with E-state index in [-0.39, 0.29) is 29.4 Å². The first-order valence-electron chi connectivity index (χ1n) is 11.4. The van der Waals surface area contributed by atoms with E-state index in [2.05, 4.69) is 39.5 Å². The Morgan fingerprint density at radius 3 is 2.52 bits per heavy atom. The number of benzene rings is 1. The zero-order chi connectivity index (χ0) is 21.2. The lowest BCUT2D eigenvalue weighted by Crippen LogP contribution is -2.47. The first-order chi connectivity index (χ1) is 14.7. The minimum absolute atomic E-state index is 0. The molecule has 1 aliphatic carbocycles. The highest BCUT2D eigenvalue weighted by atomic mass is 127. The fraction of sp³-hybridized carbons (Fsp3) is 0.708. The molecule has 0 amide bonds. The molecule has 0 bridgehead atoms. The summed E-state index contributed by atoms with van der Waals surface area (Å²) in [6.45, 7) is 5.09. The van der Waals surface area contributed by atoms with Crippen LogP contribution in [0.25, 0.3) is 0 Å². The third kappa shape index (κ3) is 7.22. The average Bonchev–Trinajstić information content (AvgIpc) is 3.26. The van der Waals surface area contributed by atoms with E-state index in [0.29, 0.717) is 19.1 Å². The van der Waals surface area contributed by atoms with Crippen molar-refractivity contribution >= 4 is 29.9 Å². The molecule has 1 unspecified atom stereocenters. The number of likely N-dealkylation sites (tertiary alicyclic amines) is 1. The van der Waals surface area contributed by atoms with Gasteiger partial charge in [-0.15, -0.1) is 24.0 Å². The fourth-order valence-electron chi connectivity index (χ4n) is 4.87. The normalized spacial score (nSPS) is 20.9. The van der Waals surface area contributed by atoms with Crippen molar-refractivity contribution in [2.45, 2.75) is 43.9 Å². The number of guanidine groups is 1. The number of aliphatic imine (C=N–C) groups is 1. The maximum absolute atomic E-state index is 5.75. The van der Waals surface area contributed by atoms with Crippen LogP contribution in [-0.2, 0) is 14.9 Å². The predicted molar refractivity (Wildman–Crippen MR) is 137 cm³/mol. The van der Waals surface area contributed by atoms with Crippen LogP contribution in [0, 0.1) is 5.92 Å². The van der Waals surface area contributed by atoms with E-state index >= 15 is 0 Å². The van der Waals surface area contributed by atoms with Gasteiger partial charge < -0.3 is 24.4 Å². The Balaban J connectivity index is 0.00000341. The standard InChI is InChI=1S/C24H39N3O3.HI/c1-25-23(27-14-11-20(17-27)18-30-16-15-28-2)26-19-24(12-5-4-6-13-24)21-7-9-22(29-3)10-8-21;/h7-10,20H,4-6,11-19H2,1-3H3,(H,25,26);1H. The minimum Gasteiger partial charge on any atom is -0.497 e. The van der Waals surface area contributed by atoms with E-state index in [4.69, 9.17) is 14.2 Å². The Hall–Kier alpha value is -1.06.